The number of amides is 1. The van der Waals surface area contributed by atoms with Gasteiger partial charge >= 0.3 is 0 Å². The summed E-state index contributed by atoms with van der Waals surface area (Å²) in [7, 11) is 1.61. The van der Waals surface area contributed by atoms with E-state index in [0.29, 0.717) is 18.5 Å². The highest BCUT2D eigenvalue weighted by atomic mass is 16.1. The van der Waals surface area contributed by atoms with E-state index in [1.807, 2.05) is 19.1 Å². The lowest BCUT2D eigenvalue weighted by Gasteiger charge is -2.10. The van der Waals surface area contributed by atoms with E-state index in [-0.39, 0.29) is 5.91 Å². The maximum Gasteiger partial charge on any atom is 0.221 e. The van der Waals surface area contributed by atoms with Gasteiger partial charge < -0.3 is 10.6 Å². The molecule has 0 atom stereocenters. The number of nitrogens with zero attached hydrogens (tertiary/aromatic N) is 1. The SMILES string of the molecule is CNC(=O)CCNc1c(C)cccc1C#N. The van der Waals surface area contributed by atoms with Crippen molar-refractivity contribution in [2.45, 2.75) is 13.3 Å². The molecule has 0 bridgehead atoms. The number of benzene rings is 1. The Hall–Kier alpha value is -2.02. The molecule has 2 N–H and O–H groups in total. The summed E-state index contributed by atoms with van der Waals surface area (Å²) in [4.78, 5) is 11.0. The van der Waals surface area contributed by atoms with Crippen LogP contribution in [0.15, 0.2) is 18.2 Å². The van der Waals surface area contributed by atoms with Gasteiger partial charge in [0.15, 0.2) is 0 Å². The van der Waals surface area contributed by atoms with Gasteiger partial charge in [0.1, 0.15) is 6.07 Å². The molecule has 4 heteroatoms. The van der Waals surface area contributed by atoms with Crippen LogP contribution in [-0.2, 0) is 4.79 Å². The molecule has 1 aromatic rings. The van der Waals surface area contributed by atoms with Crippen molar-refractivity contribution in [1.29, 1.82) is 5.26 Å². The summed E-state index contributed by atoms with van der Waals surface area (Å²) in [6.07, 6.45) is 0.399. The fourth-order valence-corrected chi connectivity index (χ4v) is 1.42. The van der Waals surface area contributed by atoms with Crippen molar-refractivity contribution in [2.24, 2.45) is 0 Å². The number of hydrogen-bond donors (Lipinski definition) is 2. The third kappa shape index (κ3) is 2.99. The van der Waals surface area contributed by atoms with Crippen molar-refractivity contribution < 1.29 is 4.79 Å². The van der Waals surface area contributed by atoms with Crippen LogP contribution in [0.3, 0.4) is 0 Å². The Morgan fingerprint density at radius 2 is 2.25 bits per heavy atom. The fraction of sp³-hybridized carbons (Fsp3) is 0.333. The van der Waals surface area contributed by atoms with Gasteiger partial charge in [0, 0.05) is 20.0 Å². The van der Waals surface area contributed by atoms with Crippen LogP contribution < -0.4 is 10.6 Å². The molecule has 1 rings (SSSR count). The number of aryl methyl sites for hydroxylation is 1. The van der Waals surface area contributed by atoms with Gasteiger partial charge in [0.25, 0.3) is 0 Å². The molecule has 0 unspecified atom stereocenters. The highest BCUT2D eigenvalue weighted by Gasteiger charge is 2.04. The van der Waals surface area contributed by atoms with E-state index in [4.69, 9.17) is 5.26 Å². The number of carbonyl (C=O) groups excluding carboxylic acids is 1. The third-order valence-electron chi connectivity index (χ3n) is 2.33. The first-order chi connectivity index (χ1) is 7.69. The minimum Gasteiger partial charge on any atom is -0.383 e. The number of nitrogens with one attached hydrogen (secondary N) is 2. The summed E-state index contributed by atoms with van der Waals surface area (Å²) < 4.78 is 0. The maximum atomic E-state index is 11.0. The molecule has 0 saturated heterocycles. The maximum absolute atomic E-state index is 11.0. The van der Waals surface area contributed by atoms with Crippen LogP contribution in [0.25, 0.3) is 0 Å². The number of anilines is 1. The Kier molecular flexibility index (Phi) is 4.34. The zero-order valence-corrected chi connectivity index (χ0v) is 9.50. The molecule has 0 heterocycles. The van der Waals surface area contributed by atoms with Gasteiger partial charge in [-0.25, -0.2) is 0 Å². The molecule has 84 valence electrons. The zero-order chi connectivity index (χ0) is 12.0. The normalized spacial score (nSPS) is 9.31. The molecule has 16 heavy (non-hydrogen) atoms. The Labute approximate surface area is 95.3 Å². The first-order valence-corrected chi connectivity index (χ1v) is 5.13. The molecule has 4 nitrogen and oxygen atoms in total. The summed E-state index contributed by atoms with van der Waals surface area (Å²) >= 11 is 0. The van der Waals surface area contributed by atoms with E-state index in [1.54, 1.807) is 13.1 Å². The van der Waals surface area contributed by atoms with E-state index < -0.39 is 0 Å². The highest BCUT2D eigenvalue weighted by Crippen LogP contribution is 2.19. The molecule has 0 aliphatic heterocycles. The van der Waals surface area contributed by atoms with Crippen molar-refractivity contribution in [3.05, 3.63) is 29.3 Å². The predicted octanol–water partition coefficient (Wildman–Crippen LogP) is 1.41. The van der Waals surface area contributed by atoms with E-state index in [1.165, 1.54) is 0 Å². The molecule has 0 spiro atoms. The summed E-state index contributed by atoms with van der Waals surface area (Å²) in [5.74, 6) is -0.0143. The molecule has 0 radical (unpaired) electrons. The lowest BCUT2D eigenvalue weighted by Crippen LogP contribution is -2.21. The minimum absolute atomic E-state index is 0.0143. The smallest absolute Gasteiger partial charge is 0.221 e. The predicted molar refractivity (Wildman–Crippen MR) is 63.1 cm³/mol. The number of hydrogen-bond acceptors (Lipinski definition) is 3. The van der Waals surface area contributed by atoms with Crippen molar-refractivity contribution >= 4 is 11.6 Å². The highest BCUT2D eigenvalue weighted by molar-refractivity contribution is 5.76. The van der Waals surface area contributed by atoms with Crippen LogP contribution >= 0.6 is 0 Å². The average molecular weight is 217 g/mol. The number of para-hydroxylation sites is 1. The molecule has 0 aliphatic carbocycles. The van der Waals surface area contributed by atoms with Crippen LogP contribution in [0.2, 0.25) is 0 Å². The van der Waals surface area contributed by atoms with Crippen molar-refractivity contribution in [2.75, 3.05) is 18.9 Å². The molecule has 1 aromatic carbocycles. The van der Waals surface area contributed by atoms with E-state index in [0.717, 1.165) is 11.3 Å². The molecule has 0 saturated carbocycles. The van der Waals surface area contributed by atoms with Crippen molar-refractivity contribution in [3.8, 4) is 6.07 Å². The van der Waals surface area contributed by atoms with Gasteiger partial charge in [-0.05, 0) is 18.6 Å². The third-order valence-corrected chi connectivity index (χ3v) is 2.33. The molecular formula is C12H15N3O. The molecule has 0 aromatic heterocycles. The topological polar surface area (TPSA) is 64.9 Å². The second-order valence-electron chi connectivity index (χ2n) is 3.46. The van der Waals surface area contributed by atoms with Crippen LogP contribution in [0.4, 0.5) is 5.69 Å². The van der Waals surface area contributed by atoms with Gasteiger partial charge in [-0.2, -0.15) is 5.26 Å². The number of nitriles is 1. The molecule has 0 aliphatic rings. The van der Waals surface area contributed by atoms with Crippen molar-refractivity contribution in [1.82, 2.24) is 5.32 Å². The lowest BCUT2D eigenvalue weighted by atomic mass is 10.1. The Bertz CT molecular complexity index is 421. The van der Waals surface area contributed by atoms with Crippen LogP contribution in [0, 0.1) is 18.3 Å². The summed E-state index contributed by atoms with van der Waals surface area (Å²) in [5, 5.41) is 14.6. The monoisotopic (exact) mass is 217 g/mol. The van der Waals surface area contributed by atoms with E-state index in [9.17, 15) is 4.79 Å². The Balaban J connectivity index is 2.67. The Morgan fingerprint density at radius 3 is 2.88 bits per heavy atom. The quantitative estimate of drug-likeness (QED) is 0.801. The van der Waals surface area contributed by atoms with E-state index in [2.05, 4.69) is 16.7 Å². The number of carbonyl (C=O) groups is 1. The summed E-state index contributed by atoms with van der Waals surface area (Å²) in [6.45, 7) is 2.46. The van der Waals surface area contributed by atoms with Gasteiger partial charge in [-0.15, -0.1) is 0 Å². The minimum atomic E-state index is -0.0143. The molecular weight excluding hydrogens is 202 g/mol. The first kappa shape index (κ1) is 12.1. The van der Waals surface area contributed by atoms with Crippen molar-refractivity contribution in [3.63, 3.8) is 0 Å². The lowest BCUT2D eigenvalue weighted by molar-refractivity contribution is -0.120. The van der Waals surface area contributed by atoms with Gasteiger partial charge in [-0.3, -0.25) is 4.79 Å². The van der Waals surface area contributed by atoms with Gasteiger partial charge in [-0.1, -0.05) is 12.1 Å². The number of rotatable bonds is 4. The van der Waals surface area contributed by atoms with E-state index >= 15 is 0 Å². The average Bonchev–Trinajstić information content (AvgIpc) is 2.30. The van der Waals surface area contributed by atoms with Crippen LogP contribution in [0.1, 0.15) is 17.5 Å². The zero-order valence-electron chi connectivity index (χ0n) is 9.50. The second-order valence-corrected chi connectivity index (χ2v) is 3.46. The summed E-state index contributed by atoms with van der Waals surface area (Å²) in [5.41, 5.74) is 2.43. The second kappa shape index (κ2) is 5.76. The largest absolute Gasteiger partial charge is 0.383 e. The fourth-order valence-electron chi connectivity index (χ4n) is 1.42. The van der Waals surface area contributed by atoms with Gasteiger partial charge in [0.2, 0.25) is 5.91 Å². The molecule has 0 fully saturated rings. The van der Waals surface area contributed by atoms with Gasteiger partial charge in [0.05, 0.1) is 11.3 Å². The Morgan fingerprint density at radius 1 is 1.50 bits per heavy atom. The standard InChI is InChI=1S/C12H15N3O/c1-9-4-3-5-10(8-13)12(9)15-7-6-11(16)14-2/h3-5,15H,6-7H2,1-2H3,(H,14,16). The molecule has 1 amide bonds. The van der Waals surface area contributed by atoms with Crippen LogP contribution in [-0.4, -0.2) is 19.5 Å². The van der Waals surface area contributed by atoms with Crippen LogP contribution in [0.5, 0.6) is 0 Å². The first-order valence-electron chi connectivity index (χ1n) is 5.13. The summed E-state index contributed by atoms with van der Waals surface area (Å²) in [6, 6.07) is 7.66.